The van der Waals surface area contributed by atoms with Crippen molar-refractivity contribution in [1.82, 2.24) is 5.32 Å². The summed E-state index contributed by atoms with van der Waals surface area (Å²) in [5, 5.41) is 6.44. The summed E-state index contributed by atoms with van der Waals surface area (Å²) in [5.41, 5.74) is 3.97. The first-order valence-electron chi connectivity index (χ1n) is 7.68. The summed E-state index contributed by atoms with van der Waals surface area (Å²) in [4.78, 5) is 16.9. The second-order valence-corrected chi connectivity index (χ2v) is 5.42. The number of likely N-dealkylation sites (N-methyl/N-ethyl adjacent to an activating group) is 1. The molecule has 0 aliphatic rings. The highest BCUT2D eigenvalue weighted by molar-refractivity contribution is 6.45. The molecule has 0 aliphatic carbocycles. The highest BCUT2D eigenvalue weighted by atomic mass is 16.6. The molecule has 5 heteroatoms. The van der Waals surface area contributed by atoms with E-state index in [0.717, 1.165) is 22.4 Å². The molecule has 0 fully saturated rings. The van der Waals surface area contributed by atoms with Crippen molar-refractivity contribution in [1.29, 1.82) is 0 Å². The zero-order valence-electron chi connectivity index (χ0n) is 14.4. The van der Waals surface area contributed by atoms with Gasteiger partial charge in [-0.15, -0.1) is 0 Å². The largest absolute Gasteiger partial charge is 0.489 e. The van der Waals surface area contributed by atoms with Crippen LogP contribution in [0.3, 0.4) is 0 Å². The zero-order chi connectivity index (χ0) is 17.5. The van der Waals surface area contributed by atoms with Crippen LogP contribution >= 0.6 is 0 Å². The number of hydrogen-bond acceptors (Lipinski definition) is 4. The summed E-state index contributed by atoms with van der Waals surface area (Å²) in [6, 6.07) is 13.6. The fourth-order valence-electron chi connectivity index (χ4n) is 2.32. The Balaban J connectivity index is 2.30. The van der Waals surface area contributed by atoms with Gasteiger partial charge in [0.05, 0.1) is 0 Å². The van der Waals surface area contributed by atoms with Crippen molar-refractivity contribution in [3.63, 3.8) is 0 Å². The van der Waals surface area contributed by atoms with Crippen molar-refractivity contribution in [2.45, 2.75) is 20.5 Å². The van der Waals surface area contributed by atoms with Gasteiger partial charge in [0.1, 0.15) is 19.5 Å². The number of hydrogen-bond donors (Lipinski definition) is 1. The molecule has 1 N–H and O–H groups in total. The van der Waals surface area contributed by atoms with Gasteiger partial charge in [-0.3, -0.25) is 4.79 Å². The number of ether oxygens (including phenoxy) is 1. The number of amides is 1. The SMILES string of the molecule is CNC(=O)/C(=N\OC)c1ccccc1COc1cc(C)ccc1C. The highest BCUT2D eigenvalue weighted by Gasteiger charge is 2.17. The van der Waals surface area contributed by atoms with Gasteiger partial charge in [0.2, 0.25) is 0 Å². The van der Waals surface area contributed by atoms with Crippen LogP contribution in [0.5, 0.6) is 5.75 Å². The number of nitrogens with zero attached hydrogens (tertiary/aromatic N) is 1. The summed E-state index contributed by atoms with van der Waals surface area (Å²) in [7, 11) is 2.97. The van der Waals surface area contributed by atoms with Gasteiger partial charge in [0.25, 0.3) is 5.91 Å². The van der Waals surface area contributed by atoms with Crippen LogP contribution in [-0.4, -0.2) is 25.8 Å². The normalized spacial score (nSPS) is 11.1. The summed E-state index contributed by atoms with van der Waals surface area (Å²) in [5.74, 6) is 0.519. The quantitative estimate of drug-likeness (QED) is 0.656. The van der Waals surface area contributed by atoms with Gasteiger partial charge in [-0.1, -0.05) is 41.6 Å². The van der Waals surface area contributed by atoms with E-state index in [1.807, 2.05) is 56.3 Å². The number of carbonyl (C=O) groups is 1. The Morgan fingerprint density at radius 3 is 2.62 bits per heavy atom. The molecule has 126 valence electrons. The third-order valence-electron chi connectivity index (χ3n) is 3.62. The van der Waals surface area contributed by atoms with E-state index < -0.39 is 0 Å². The molecule has 0 aromatic heterocycles. The van der Waals surface area contributed by atoms with Crippen molar-refractivity contribution < 1.29 is 14.4 Å². The number of nitrogens with one attached hydrogen (secondary N) is 1. The van der Waals surface area contributed by atoms with Crippen LogP contribution in [0.25, 0.3) is 0 Å². The minimum atomic E-state index is -0.309. The van der Waals surface area contributed by atoms with E-state index in [4.69, 9.17) is 9.57 Å². The van der Waals surface area contributed by atoms with Crippen LogP contribution in [0.2, 0.25) is 0 Å². The lowest BCUT2D eigenvalue weighted by molar-refractivity contribution is -0.114. The van der Waals surface area contributed by atoms with Crippen molar-refractivity contribution in [3.05, 3.63) is 64.7 Å². The first kappa shape index (κ1) is 17.5. The topological polar surface area (TPSA) is 59.9 Å². The Hall–Kier alpha value is -2.82. The third-order valence-corrected chi connectivity index (χ3v) is 3.62. The molecule has 2 aromatic rings. The van der Waals surface area contributed by atoms with Crippen LogP contribution in [0, 0.1) is 13.8 Å². The van der Waals surface area contributed by atoms with Crippen molar-refractivity contribution >= 4 is 11.6 Å². The standard InChI is InChI=1S/C19H22N2O3/c1-13-9-10-14(2)17(11-13)24-12-15-7-5-6-8-16(15)18(21-23-4)19(22)20-3/h5-11H,12H2,1-4H3,(H,20,22)/b21-18-. The van der Waals surface area contributed by atoms with E-state index in [-0.39, 0.29) is 11.6 Å². The maximum Gasteiger partial charge on any atom is 0.273 e. The molecule has 0 unspecified atom stereocenters. The lowest BCUT2D eigenvalue weighted by Crippen LogP contribution is -2.29. The van der Waals surface area contributed by atoms with E-state index in [1.54, 1.807) is 7.05 Å². The van der Waals surface area contributed by atoms with E-state index in [2.05, 4.69) is 10.5 Å². The van der Waals surface area contributed by atoms with Crippen LogP contribution < -0.4 is 10.1 Å². The molecule has 1 amide bonds. The number of oxime groups is 1. The molecule has 2 aromatic carbocycles. The molecule has 0 heterocycles. The van der Waals surface area contributed by atoms with Crippen LogP contribution in [-0.2, 0) is 16.2 Å². The predicted octanol–water partition coefficient (Wildman–Crippen LogP) is 2.98. The maximum absolute atomic E-state index is 12.1. The van der Waals surface area contributed by atoms with Gasteiger partial charge in [-0.2, -0.15) is 0 Å². The number of rotatable bonds is 6. The minimum absolute atomic E-state index is 0.222. The van der Waals surface area contributed by atoms with Gasteiger partial charge in [0.15, 0.2) is 5.71 Å². The second kappa shape index (κ2) is 8.15. The number of carbonyl (C=O) groups excluding carboxylic acids is 1. The van der Waals surface area contributed by atoms with Gasteiger partial charge in [0, 0.05) is 12.6 Å². The van der Waals surface area contributed by atoms with E-state index >= 15 is 0 Å². The molecule has 0 radical (unpaired) electrons. The summed E-state index contributed by atoms with van der Waals surface area (Å²) >= 11 is 0. The molecule has 0 spiro atoms. The molecule has 5 nitrogen and oxygen atoms in total. The fourth-order valence-corrected chi connectivity index (χ4v) is 2.32. The highest BCUT2D eigenvalue weighted by Crippen LogP contribution is 2.21. The van der Waals surface area contributed by atoms with Crippen LogP contribution in [0.15, 0.2) is 47.6 Å². The average molecular weight is 326 g/mol. The summed E-state index contributed by atoms with van der Waals surface area (Å²) in [6.07, 6.45) is 0. The average Bonchev–Trinajstić information content (AvgIpc) is 2.60. The Morgan fingerprint density at radius 2 is 1.92 bits per heavy atom. The van der Waals surface area contributed by atoms with Crippen molar-refractivity contribution in [2.24, 2.45) is 5.16 Å². The van der Waals surface area contributed by atoms with Crippen molar-refractivity contribution in [3.8, 4) is 5.75 Å². The smallest absolute Gasteiger partial charge is 0.273 e. The van der Waals surface area contributed by atoms with Crippen LogP contribution in [0.4, 0.5) is 0 Å². The zero-order valence-corrected chi connectivity index (χ0v) is 14.4. The first-order chi connectivity index (χ1) is 11.6. The molecule has 0 aliphatic heterocycles. The molecule has 0 saturated carbocycles. The third kappa shape index (κ3) is 4.13. The Morgan fingerprint density at radius 1 is 1.17 bits per heavy atom. The number of aryl methyl sites for hydroxylation is 2. The molecule has 24 heavy (non-hydrogen) atoms. The Labute approximate surface area is 142 Å². The molecule has 0 saturated heterocycles. The Bertz CT molecular complexity index is 754. The van der Waals surface area contributed by atoms with Gasteiger partial charge >= 0.3 is 0 Å². The van der Waals surface area contributed by atoms with E-state index in [1.165, 1.54) is 7.11 Å². The van der Waals surface area contributed by atoms with Gasteiger partial charge < -0.3 is 14.9 Å². The summed E-state index contributed by atoms with van der Waals surface area (Å²) < 4.78 is 5.96. The van der Waals surface area contributed by atoms with E-state index in [0.29, 0.717) is 12.2 Å². The lowest BCUT2D eigenvalue weighted by atomic mass is 10.0. The Kier molecular flexibility index (Phi) is 5.95. The molecular weight excluding hydrogens is 304 g/mol. The van der Waals surface area contributed by atoms with Crippen LogP contribution in [0.1, 0.15) is 22.3 Å². The fraction of sp³-hybridized carbons (Fsp3) is 0.263. The number of benzene rings is 2. The predicted molar refractivity (Wildman–Crippen MR) is 94.3 cm³/mol. The minimum Gasteiger partial charge on any atom is -0.489 e. The van der Waals surface area contributed by atoms with Gasteiger partial charge in [-0.25, -0.2) is 0 Å². The molecule has 0 atom stereocenters. The molecular formula is C19H22N2O3. The maximum atomic E-state index is 12.1. The van der Waals surface area contributed by atoms with Crippen molar-refractivity contribution in [2.75, 3.05) is 14.2 Å². The molecule has 2 rings (SSSR count). The van der Waals surface area contributed by atoms with Gasteiger partial charge in [-0.05, 0) is 36.6 Å². The van der Waals surface area contributed by atoms with E-state index in [9.17, 15) is 4.79 Å². The lowest BCUT2D eigenvalue weighted by Gasteiger charge is -2.13. The molecule has 0 bridgehead atoms. The first-order valence-corrected chi connectivity index (χ1v) is 7.68. The second-order valence-electron chi connectivity index (χ2n) is 5.42. The monoisotopic (exact) mass is 326 g/mol. The summed E-state index contributed by atoms with van der Waals surface area (Å²) in [6.45, 7) is 4.36.